The molecule has 0 radical (unpaired) electrons. The summed E-state index contributed by atoms with van der Waals surface area (Å²) in [5, 5.41) is 18.4. The third-order valence-corrected chi connectivity index (χ3v) is 1.72. The summed E-state index contributed by atoms with van der Waals surface area (Å²) in [4.78, 5) is 0. The van der Waals surface area contributed by atoms with Crippen molar-refractivity contribution in [2.45, 2.75) is 24.6 Å². The van der Waals surface area contributed by atoms with Crippen molar-refractivity contribution in [1.82, 2.24) is 0 Å². The number of ether oxygens (including phenoxy) is 2. The zero-order valence-corrected chi connectivity index (χ0v) is 6.30. The Balaban J connectivity index is 2.60. The zero-order chi connectivity index (χ0) is 8.43. The minimum absolute atomic E-state index is 0.532. The molecule has 1 aliphatic rings. The summed E-state index contributed by atoms with van der Waals surface area (Å²) in [7, 11) is 1.41. The Kier molecular flexibility index (Phi) is 2.62. The van der Waals surface area contributed by atoms with Crippen LogP contribution in [0.25, 0.3) is 0 Å². The number of aliphatic hydroxyl groups is 2. The highest BCUT2D eigenvalue weighted by Crippen LogP contribution is 2.21. The van der Waals surface area contributed by atoms with Gasteiger partial charge in [-0.25, -0.2) is 0 Å². The molecule has 1 fully saturated rings. The van der Waals surface area contributed by atoms with Gasteiger partial charge in [-0.15, -0.1) is 6.58 Å². The molecule has 1 rings (SSSR count). The van der Waals surface area contributed by atoms with E-state index in [1.54, 1.807) is 0 Å². The fourth-order valence-electron chi connectivity index (χ4n) is 1.06. The Morgan fingerprint density at radius 2 is 2.09 bits per heavy atom. The van der Waals surface area contributed by atoms with Crippen molar-refractivity contribution in [2.75, 3.05) is 7.11 Å². The van der Waals surface area contributed by atoms with E-state index in [1.165, 1.54) is 13.2 Å². The van der Waals surface area contributed by atoms with E-state index in [1.807, 2.05) is 0 Å². The molecule has 0 aromatic rings. The largest absolute Gasteiger partial charge is 0.387 e. The molecule has 2 N–H and O–H groups in total. The van der Waals surface area contributed by atoms with E-state index in [0.29, 0.717) is 0 Å². The molecule has 4 atom stereocenters. The lowest BCUT2D eigenvalue weighted by atomic mass is 10.1. The lowest BCUT2D eigenvalue weighted by Gasteiger charge is -2.11. The first-order chi connectivity index (χ1) is 5.20. The Bertz CT molecular complexity index is 147. The number of aliphatic hydroxyl groups excluding tert-OH is 2. The number of hydrogen-bond acceptors (Lipinski definition) is 4. The first-order valence-electron chi connectivity index (χ1n) is 3.37. The maximum Gasteiger partial charge on any atom is 0.186 e. The normalized spacial score (nSPS) is 44.3. The van der Waals surface area contributed by atoms with Crippen LogP contribution in [0.2, 0.25) is 0 Å². The maximum atomic E-state index is 9.23. The summed E-state index contributed by atoms with van der Waals surface area (Å²) in [6.45, 7) is 3.44. The average molecular weight is 160 g/mol. The van der Waals surface area contributed by atoms with Crippen molar-refractivity contribution in [1.29, 1.82) is 0 Å². The van der Waals surface area contributed by atoms with E-state index < -0.39 is 24.6 Å². The Morgan fingerprint density at radius 1 is 1.45 bits per heavy atom. The van der Waals surface area contributed by atoms with Crippen LogP contribution in [0, 0.1) is 0 Å². The quantitative estimate of drug-likeness (QED) is 0.523. The molecule has 4 heteroatoms. The van der Waals surface area contributed by atoms with Gasteiger partial charge in [-0.1, -0.05) is 6.08 Å². The summed E-state index contributed by atoms with van der Waals surface area (Å²) >= 11 is 0. The second kappa shape index (κ2) is 3.32. The van der Waals surface area contributed by atoms with Crippen LogP contribution < -0.4 is 0 Å². The van der Waals surface area contributed by atoms with Gasteiger partial charge in [0.25, 0.3) is 0 Å². The molecule has 0 bridgehead atoms. The van der Waals surface area contributed by atoms with E-state index in [-0.39, 0.29) is 0 Å². The van der Waals surface area contributed by atoms with Crippen molar-refractivity contribution < 1.29 is 19.7 Å². The van der Waals surface area contributed by atoms with Gasteiger partial charge in [0.05, 0.1) is 0 Å². The molecule has 0 saturated carbocycles. The smallest absolute Gasteiger partial charge is 0.186 e. The second-order valence-corrected chi connectivity index (χ2v) is 2.42. The van der Waals surface area contributed by atoms with Crippen molar-refractivity contribution in [3.05, 3.63) is 12.7 Å². The highest BCUT2D eigenvalue weighted by molar-refractivity contribution is 4.96. The molecular weight excluding hydrogens is 148 g/mol. The lowest BCUT2D eigenvalue weighted by molar-refractivity contribution is -0.142. The highest BCUT2D eigenvalue weighted by Gasteiger charge is 2.41. The van der Waals surface area contributed by atoms with Gasteiger partial charge >= 0.3 is 0 Å². The van der Waals surface area contributed by atoms with Crippen molar-refractivity contribution in [3.8, 4) is 0 Å². The van der Waals surface area contributed by atoms with Crippen LogP contribution in [0.4, 0.5) is 0 Å². The number of methoxy groups -OCH3 is 1. The first kappa shape index (κ1) is 8.67. The standard InChI is InChI=1S/C7H12O4/c1-3-4-5(8)6(9)7(10-2)11-4/h3-9H,1H2,2H3. The molecule has 0 aliphatic carbocycles. The summed E-state index contributed by atoms with van der Waals surface area (Å²) in [5.74, 6) is 0. The van der Waals surface area contributed by atoms with E-state index in [2.05, 4.69) is 6.58 Å². The van der Waals surface area contributed by atoms with E-state index in [4.69, 9.17) is 9.47 Å². The first-order valence-corrected chi connectivity index (χ1v) is 3.37. The zero-order valence-electron chi connectivity index (χ0n) is 6.30. The van der Waals surface area contributed by atoms with Gasteiger partial charge in [-0.3, -0.25) is 0 Å². The third-order valence-electron chi connectivity index (χ3n) is 1.72. The summed E-state index contributed by atoms with van der Waals surface area (Å²) in [6, 6.07) is 0. The molecule has 1 heterocycles. The van der Waals surface area contributed by atoms with Crippen LogP contribution in [0.5, 0.6) is 0 Å². The lowest BCUT2D eigenvalue weighted by Crippen LogP contribution is -2.32. The second-order valence-electron chi connectivity index (χ2n) is 2.42. The SMILES string of the molecule is C=CC1OC(OC)C(O)C1O. The van der Waals surface area contributed by atoms with Gasteiger partial charge in [-0.2, -0.15) is 0 Å². The van der Waals surface area contributed by atoms with Crippen LogP contribution >= 0.6 is 0 Å². The average Bonchev–Trinajstić information content (AvgIpc) is 2.30. The van der Waals surface area contributed by atoms with Gasteiger partial charge < -0.3 is 19.7 Å². The highest BCUT2D eigenvalue weighted by atomic mass is 16.7. The Hall–Kier alpha value is -0.420. The minimum atomic E-state index is -0.983. The molecular formula is C7H12O4. The fraction of sp³-hybridized carbons (Fsp3) is 0.714. The molecule has 1 saturated heterocycles. The van der Waals surface area contributed by atoms with E-state index in [9.17, 15) is 10.2 Å². The molecule has 4 unspecified atom stereocenters. The van der Waals surface area contributed by atoms with Crippen molar-refractivity contribution in [2.24, 2.45) is 0 Å². The summed E-state index contributed by atoms with van der Waals surface area (Å²) < 4.78 is 9.79. The van der Waals surface area contributed by atoms with Crippen molar-refractivity contribution in [3.63, 3.8) is 0 Å². The Labute approximate surface area is 65.0 Å². The maximum absolute atomic E-state index is 9.23. The number of hydrogen-bond donors (Lipinski definition) is 2. The van der Waals surface area contributed by atoms with Crippen LogP contribution in [0.1, 0.15) is 0 Å². The molecule has 11 heavy (non-hydrogen) atoms. The molecule has 0 aromatic carbocycles. The molecule has 64 valence electrons. The van der Waals surface area contributed by atoms with Gasteiger partial charge in [0.1, 0.15) is 18.3 Å². The van der Waals surface area contributed by atoms with Crippen LogP contribution in [0.3, 0.4) is 0 Å². The summed E-state index contributed by atoms with van der Waals surface area (Å²) in [5.41, 5.74) is 0. The number of rotatable bonds is 2. The minimum Gasteiger partial charge on any atom is -0.387 e. The Morgan fingerprint density at radius 3 is 2.36 bits per heavy atom. The molecule has 1 aliphatic heterocycles. The van der Waals surface area contributed by atoms with Crippen molar-refractivity contribution >= 4 is 0 Å². The van der Waals surface area contributed by atoms with Gasteiger partial charge in [-0.05, 0) is 0 Å². The molecule has 4 nitrogen and oxygen atoms in total. The van der Waals surface area contributed by atoms with Gasteiger partial charge in [0, 0.05) is 7.11 Å². The van der Waals surface area contributed by atoms with Crippen LogP contribution in [0.15, 0.2) is 12.7 Å². The van der Waals surface area contributed by atoms with E-state index in [0.717, 1.165) is 0 Å². The van der Waals surface area contributed by atoms with E-state index >= 15 is 0 Å². The third kappa shape index (κ3) is 1.44. The molecule has 0 spiro atoms. The van der Waals surface area contributed by atoms with Crippen LogP contribution in [-0.4, -0.2) is 41.9 Å². The summed E-state index contributed by atoms with van der Waals surface area (Å²) in [6.07, 6.45) is -1.75. The topological polar surface area (TPSA) is 58.9 Å². The predicted molar refractivity (Wildman–Crippen MR) is 37.9 cm³/mol. The van der Waals surface area contributed by atoms with Gasteiger partial charge in [0.15, 0.2) is 6.29 Å². The monoisotopic (exact) mass is 160 g/mol. The molecule has 0 amide bonds. The molecule has 0 aromatic heterocycles. The van der Waals surface area contributed by atoms with Gasteiger partial charge in [0.2, 0.25) is 0 Å². The fourth-order valence-corrected chi connectivity index (χ4v) is 1.06. The predicted octanol–water partition coefficient (Wildman–Crippen LogP) is -0.735. The van der Waals surface area contributed by atoms with Crippen LogP contribution in [-0.2, 0) is 9.47 Å².